The molecular formula is C15H18CaO15. The van der Waals surface area contributed by atoms with Crippen molar-refractivity contribution in [2.75, 3.05) is 6.61 Å². The van der Waals surface area contributed by atoms with E-state index in [1.807, 2.05) is 0 Å². The van der Waals surface area contributed by atoms with E-state index in [2.05, 4.69) is 11.3 Å². The molecule has 31 heavy (non-hydrogen) atoms. The molecule has 0 fully saturated rings. The minimum absolute atomic E-state index is 0. The second-order valence-corrected chi connectivity index (χ2v) is 5.58. The summed E-state index contributed by atoms with van der Waals surface area (Å²) < 4.78 is 4.48. The summed E-state index contributed by atoms with van der Waals surface area (Å²) in [7, 11) is 0. The van der Waals surface area contributed by atoms with Crippen molar-refractivity contribution < 1.29 is 74.4 Å². The molecule has 15 nitrogen and oxygen atoms in total. The van der Waals surface area contributed by atoms with Crippen LogP contribution in [0.3, 0.4) is 0 Å². The maximum Gasteiger partial charge on any atom is 2.00 e. The Morgan fingerprint density at radius 2 is 1.29 bits per heavy atom. The number of carbonyl (C=O) groups is 6. The van der Waals surface area contributed by atoms with Gasteiger partial charge >= 0.3 is 61.6 Å². The van der Waals surface area contributed by atoms with Crippen molar-refractivity contribution in [1.82, 2.24) is 0 Å². The Morgan fingerprint density at radius 1 is 0.871 bits per heavy atom. The van der Waals surface area contributed by atoms with Crippen LogP contribution in [0.25, 0.3) is 0 Å². The van der Waals surface area contributed by atoms with Crippen molar-refractivity contribution in [3.8, 4) is 0 Å². The Hall–Kier alpha value is -2.30. The Labute approximate surface area is 203 Å². The fourth-order valence-electron chi connectivity index (χ4n) is 1.78. The Balaban J connectivity index is -0.000000507. The van der Waals surface area contributed by atoms with Gasteiger partial charge in [-0.25, -0.2) is 9.59 Å². The fraction of sp³-hybridized carbons (Fsp3) is 0.467. The van der Waals surface area contributed by atoms with Crippen LogP contribution in [0, 0.1) is 0 Å². The summed E-state index contributed by atoms with van der Waals surface area (Å²) in [6.07, 6.45) is -4.99. The second kappa shape index (κ2) is 14.7. The Bertz CT molecular complexity index is 687. The van der Waals surface area contributed by atoms with Crippen molar-refractivity contribution in [3.05, 3.63) is 12.7 Å². The molecule has 0 aromatic heterocycles. The fourth-order valence-corrected chi connectivity index (χ4v) is 1.78. The van der Waals surface area contributed by atoms with Gasteiger partial charge in [-0.2, -0.15) is 0 Å². The average molecular weight is 478 g/mol. The summed E-state index contributed by atoms with van der Waals surface area (Å²) in [5, 5.41) is 72.9. The van der Waals surface area contributed by atoms with Crippen molar-refractivity contribution in [3.63, 3.8) is 0 Å². The summed E-state index contributed by atoms with van der Waals surface area (Å²) in [4.78, 5) is 62.1. The van der Waals surface area contributed by atoms with E-state index in [4.69, 9.17) is 25.5 Å². The predicted molar refractivity (Wildman–Crippen MR) is 90.0 cm³/mol. The van der Waals surface area contributed by atoms with E-state index in [9.17, 15) is 44.1 Å². The average Bonchev–Trinajstić information content (AvgIpc) is 2.52. The van der Waals surface area contributed by atoms with Crippen LogP contribution < -0.4 is 10.2 Å². The molecule has 2 atom stereocenters. The van der Waals surface area contributed by atoms with Gasteiger partial charge in [0.25, 0.3) is 0 Å². The van der Waals surface area contributed by atoms with Crippen LogP contribution in [-0.4, -0.2) is 128 Å². The quantitative estimate of drug-likeness (QED) is 0.106. The third-order valence-corrected chi connectivity index (χ3v) is 3.10. The standard InChI is InChI=1S/C9H12O8.C6H8O7.Ca/c1-2-3-17-6(7(12)13)9(16,8(14)15)4-5(10)11;7-3(8)1-6(13,5(11)12)2-4(9)10;/h2,6,16H,1,3-4H2,(H,10,11)(H,12,13)(H,14,15);13H,1-2H2,(H,7,8)(H,9,10)(H,11,12);/q;;+2/p-2. The van der Waals surface area contributed by atoms with E-state index < -0.39 is 79.0 Å². The van der Waals surface area contributed by atoms with E-state index in [0.717, 1.165) is 6.08 Å². The number of aliphatic hydroxyl groups is 2. The van der Waals surface area contributed by atoms with E-state index >= 15 is 0 Å². The third kappa shape index (κ3) is 12.2. The van der Waals surface area contributed by atoms with Gasteiger partial charge in [0.2, 0.25) is 0 Å². The number of carboxylic acids is 6. The minimum Gasteiger partial charge on any atom is -0.550 e. The predicted octanol–water partition coefficient (Wildman–Crippen LogP) is -5.37. The smallest absolute Gasteiger partial charge is 0.550 e. The van der Waals surface area contributed by atoms with E-state index in [1.54, 1.807) is 0 Å². The number of hydrogen-bond acceptors (Lipinski definition) is 11. The number of carbonyl (C=O) groups excluding carboxylic acids is 2. The summed E-state index contributed by atoms with van der Waals surface area (Å²) in [6, 6.07) is 0. The van der Waals surface area contributed by atoms with E-state index in [0.29, 0.717) is 0 Å². The van der Waals surface area contributed by atoms with Gasteiger partial charge in [0.15, 0.2) is 11.2 Å². The molecule has 0 rings (SSSR count). The van der Waals surface area contributed by atoms with Crippen LogP contribution in [0.15, 0.2) is 12.7 Å². The molecule has 0 heterocycles. The second-order valence-electron chi connectivity index (χ2n) is 5.58. The number of ether oxygens (including phenoxy) is 1. The first-order valence-corrected chi connectivity index (χ1v) is 7.51. The van der Waals surface area contributed by atoms with Crippen LogP contribution in [-0.2, 0) is 33.5 Å². The molecule has 0 aliphatic carbocycles. The van der Waals surface area contributed by atoms with Crippen molar-refractivity contribution in [1.29, 1.82) is 0 Å². The number of rotatable bonds is 13. The SMILES string of the molecule is C=CCOC(C(=O)[O-])C(O)(CC(=O)[O-])C(=O)O.O=C(O)CC(O)(CC(=O)O)C(=O)O.[Ca+2]. The molecule has 6 N–H and O–H groups in total. The summed E-state index contributed by atoms with van der Waals surface area (Å²) >= 11 is 0. The van der Waals surface area contributed by atoms with Gasteiger partial charge in [-0.1, -0.05) is 6.08 Å². The van der Waals surface area contributed by atoms with E-state index in [1.165, 1.54) is 0 Å². The van der Waals surface area contributed by atoms with Gasteiger partial charge in [0, 0.05) is 12.4 Å². The van der Waals surface area contributed by atoms with Gasteiger partial charge in [-0.05, 0) is 0 Å². The van der Waals surface area contributed by atoms with Crippen LogP contribution >= 0.6 is 0 Å². The molecule has 0 spiro atoms. The molecule has 0 radical (unpaired) electrons. The van der Waals surface area contributed by atoms with Gasteiger partial charge in [0.05, 0.1) is 25.4 Å². The zero-order chi connectivity index (χ0) is 24.3. The first-order valence-electron chi connectivity index (χ1n) is 7.51. The molecule has 0 bridgehead atoms. The van der Waals surface area contributed by atoms with Gasteiger partial charge in [0.1, 0.15) is 6.10 Å². The Morgan fingerprint density at radius 3 is 1.52 bits per heavy atom. The van der Waals surface area contributed by atoms with Crippen LogP contribution in [0.4, 0.5) is 0 Å². The zero-order valence-corrected chi connectivity index (χ0v) is 18.0. The zero-order valence-electron chi connectivity index (χ0n) is 15.8. The minimum atomic E-state index is -3.17. The first-order chi connectivity index (χ1) is 13.5. The van der Waals surface area contributed by atoms with Crippen molar-refractivity contribution in [2.24, 2.45) is 0 Å². The molecule has 170 valence electrons. The van der Waals surface area contributed by atoms with Gasteiger partial charge in [-0.15, -0.1) is 6.58 Å². The van der Waals surface area contributed by atoms with Crippen molar-refractivity contribution >= 4 is 73.6 Å². The molecule has 0 amide bonds. The summed E-state index contributed by atoms with van der Waals surface area (Å²) in [6.45, 7) is 2.78. The number of carboxylic acid groups (broad SMARTS) is 6. The molecule has 0 aliphatic rings. The maximum absolute atomic E-state index is 10.7. The summed E-state index contributed by atoms with van der Waals surface area (Å²) in [5.41, 5.74) is -5.90. The molecule has 0 saturated carbocycles. The molecule has 0 aromatic rings. The van der Waals surface area contributed by atoms with E-state index in [-0.39, 0.29) is 37.7 Å². The monoisotopic (exact) mass is 478 g/mol. The normalized spacial score (nSPS) is 13.1. The first kappa shape index (κ1) is 33.3. The topological polar surface area (TPSA) is 279 Å². The number of hydrogen-bond donors (Lipinski definition) is 6. The Kier molecular flexibility index (Phi) is 15.8. The van der Waals surface area contributed by atoms with Crippen molar-refractivity contribution in [2.45, 2.75) is 36.6 Å². The molecule has 0 aliphatic heterocycles. The molecule has 0 saturated heterocycles. The number of aliphatic carboxylic acids is 6. The third-order valence-electron chi connectivity index (χ3n) is 3.10. The van der Waals surface area contributed by atoms with Crippen LogP contribution in [0.2, 0.25) is 0 Å². The molecule has 0 aromatic carbocycles. The van der Waals surface area contributed by atoms with Crippen LogP contribution in [0.1, 0.15) is 19.3 Å². The van der Waals surface area contributed by atoms with Crippen LogP contribution in [0.5, 0.6) is 0 Å². The molecular weight excluding hydrogens is 460 g/mol. The summed E-state index contributed by atoms with van der Waals surface area (Å²) in [5.74, 6) is -11.1. The maximum atomic E-state index is 10.7. The molecule has 2 unspecified atom stereocenters. The largest absolute Gasteiger partial charge is 2.00 e. The molecule has 16 heteroatoms. The van der Waals surface area contributed by atoms with Gasteiger partial charge in [-0.3, -0.25) is 9.59 Å². The van der Waals surface area contributed by atoms with Gasteiger partial charge < -0.3 is 55.2 Å².